The second kappa shape index (κ2) is 6.52. The Labute approximate surface area is 112 Å². The maximum Gasteiger partial charge on any atom is 0.218 e. The van der Waals surface area contributed by atoms with Crippen molar-refractivity contribution in [2.75, 3.05) is 25.0 Å². The van der Waals surface area contributed by atoms with Gasteiger partial charge >= 0.3 is 0 Å². The zero-order valence-corrected chi connectivity index (χ0v) is 10.9. The lowest BCUT2D eigenvalue weighted by atomic mass is 10.0. The number of nitrogens with zero attached hydrogens (tertiary/aromatic N) is 1. The highest BCUT2D eigenvalue weighted by molar-refractivity contribution is 5.73. The Kier molecular flexibility index (Phi) is 4.74. The van der Waals surface area contributed by atoms with Crippen LogP contribution in [0.4, 0.5) is 10.1 Å². The molecule has 2 rings (SSSR count). The molecule has 1 aliphatic rings. The molecule has 0 bridgehead atoms. The quantitative estimate of drug-likeness (QED) is 0.849. The second-order valence-corrected chi connectivity index (χ2v) is 5.01. The molecule has 19 heavy (non-hydrogen) atoms. The summed E-state index contributed by atoms with van der Waals surface area (Å²) in [6, 6.07) is 6.74. The minimum atomic E-state index is -0.256. The summed E-state index contributed by atoms with van der Waals surface area (Å²) in [6.45, 7) is 2.62. The maximum absolute atomic E-state index is 12.8. The van der Waals surface area contributed by atoms with Crippen LogP contribution in [0.5, 0.6) is 0 Å². The fourth-order valence-corrected chi connectivity index (χ4v) is 2.43. The van der Waals surface area contributed by atoms with Crippen molar-refractivity contribution in [3.63, 3.8) is 0 Å². The molecule has 1 aliphatic heterocycles. The molecule has 4 nitrogen and oxygen atoms in total. The van der Waals surface area contributed by atoms with E-state index in [1.54, 1.807) is 12.1 Å². The molecule has 5 heteroatoms. The third-order valence-corrected chi connectivity index (χ3v) is 3.39. The molecule has 3 N–H and O–H groups in total. The van der Waals surface area contributed by atoms with Gasteiger partial charge in [-0.3, -0.25) is 4.79 Å². The molecule has 0 aliphatic carbocycles. The van der Waals surface area contributed by atoms with Gasteiger partial charge in [0, 0.05) is 31.2 Å². The Balaban J connectivity index is 1.83. The number of carbonyl (C=O) groups excluding carboxylic acids is 1. The zero-order valence-electron chi connectivity index (χ0n) is 10.9. The van der Waals surface area contributed by atoms with E-state index >= 15 is 0 Å². The monoisotopic (exact) mass is 265 g/mol. The molecule has 0 aromatic heterocycles. The molecule has 1 aromatic carbocycles. The summed E-state index contributed by atoms with van der Waals surface area (Å²) in [6.07, 6.45) is 2.59. The number of rotatable bonds is 5. The molecular formula is C14H20FN3O. The van der Waals surface area contributed by atoms with E-state index < -0.39 is 0 Å². The van der Waals surface area contributed by atoms with Gasteiger partial charge in [-0.2, -0.15) is 0 Å². The predicted molar refractivity (Wildman–Crippen MR) is 73.3 cm³/mol. The number of halogens is 1. The van der Waals surface area contributed by atoms with E-state index in [2.05, 4.69) is 10.2 Å². The maximum atomic E-state index is 12.8. The number of primary amides is 1. The second-order valence-electron chi connectivity index (χ2n) is 5.01. The first-order chi connectivity index (χ1) is 9.13. The fraction of sp³-hybridized carbons (Fsp3) is 0.500. The van der Waals surface area contributed by atoms with Crippen LogP contribution >= 0.6 is 0 Å². The van der Waals surface area contributed by atoms with Gasteiger partial charge in [0.25, 0.3) is 0 Å². The fourth-order valence-electron chi connectivity index (χ4n) is 2.43. The summed E-state index contributed by atoms with van der Waals surface area (Å²) in [5, 5.41) is 3.40. The smallest absolute Gasteiger partial charge is 0.218 e. The third-order valence-electron chi connectivity index (χ3n) is 3.39. The van der Waals surface area contributed by atoms with E-state index in [0.29, 0.717) is 12.5 Å². The number of benzene rings is 1. The van der Waals surface area contributed by atoms with Gasteiger partial charge in [-0.1, -0.05) is 0 Å². The average Bonchev–Trinajstić information content (AvgIpc) is 2.40. The Morgan fingerprint density at radius 3 is 2.84 bits per heavy atom. The summed E-state index contributed by atoms with van der Waals surface area (Å²) >= 11 is 0. The normalized spacial score (nSPS) is 20.2. The number of hydrogen-bond donors (Lipinski definition) is 2. The molecule has 104 valence electrons. The summed E-state index contributed by atoms with van der Waals surface area (Å²) in [4.78, 5) is 13.0. The minimum Gasteiger partial charge on any atom is -0.381 e. The number of nitrogens with two attached hydrogens (primary N) is 1. The van der Waals surface area contributed by atoms with E-state index in [0.717, 1.165) is 38.2 Å². The van der Waals surface area contributed by atoms with Crippen molar-refractivity contribution in [3.05, 3.63) is 30.1 Å². The first kappa shape index (κ1) is 13.8. The van der Waals surface area contributed by atoms with Crippen molar-refractivity contribution in [1.29, 1.82) is 0 Å². The van der Waals surface area contributed by atoms with Crippen molar-refractivity contribution in [2.24, 2.45) is 5.73 Å². The SMILES string of the molecule is NC(=O)CCN1CCCC(Nc2ccc(F)cc2)C1. The van der Waals surface area contributed by atoms with Gasteiger partial charge in [0.05, 0.1) is 0 Å². The Bertz CT molecular complexity index is 421. The molecular weight excluding hydrogens is 245 g/mol. The first-order valence-electron chi connectivity index (χ1n) is 6.66. The van der Waals surface area contributed by atoms with Gasteiger partial charge < -0.3 is 16.0 Å². The molecule has 1 unspecified atom stereocenters. The number of carbonyl (C=O) groups is 1. The molecule has 1 amide bonds. The highest BCUT2D eigenvalue weighted by atomic mass is 19.1. The Morgan fingerprint density at radius 1 is 1.42 bits per heavy atom. The Morgan fingerprint density at radius 2 is 2.16 bits per heavy atom. The standard InChI is InChI=1S/C14H20FN3O/c15-11-3-5-12(6-4-11)17-13-2-1-8-18(10-13)9-7-14(16)19/h3-6,13,17H,1-2,7-10H2,(H2,16,19). The van der Waals surface area contributed by atoms with Gasteiger partial charge in [-0.25, -0.2) is 4.39 Å². The molecule has 0 saturated carbocycles. The third kappa shape index (κ3) is 4.52. The highest BCUT2D eigenvalue weighted by Gasteiger charge is 2.19. The zero-order chi connectivity index (χ0) is 13.7. The lowest BCUT2D eigenvalue weighted by Crippen LogP contribution is -2.43. The van der Waals surface area contributed by atoms with Crippen molar-refractivity contribution >= 4 is 11.6 Å². The van der Waals surface area contributed by atoms with Gasteiger partial charge in [0.1, 0.15) is 5.82 Å². The predicted octanol–water partition coefficient (Wildman–Crippen LogP) is 1.58. The van der Waals surface area contributed by atoms with Crippen molar-refractivity contribution in [2.45, 2.75) is 25.3 Å². The van der Waals surface area contributed by atoms with Gasteiger partial charge in [0.15, 0.2) is 0 Å². The molecule has 1 atom stereocenters. The van der Waals surface area contributed by atoms with E-state index in [4.69, 9.17) is 5.73 Å². The topological polar surface area (TPSA) is 58.4 Å². The molecule has 1 aromatic rings. The van der Waals surface area contributed by atoms with Crippen LogP contribution in [-0.2, 0) is 4.79 Å². The summed E-state index contributed by atoms with van der Waals surface area (Å²) in [7, 11) is 0. The van der Waals surface area contributed by atoms with Crippen LogP contribution in [0.3, 0.4) is 0 Å². The number of piperidine rings is 1. The number of anilines is 1. The molecule has 0 radical (unpaired) electrons. The Hall–Kier alpha value is -1.62. The summed E-state index contributed by atoms with van der Waals surface area (Å²) < 4.78 is 12.8. The number of amides is 1. The van der Waals surface area contributed by atoms with Gasteiger partial charge in [-0.15, -0.1) is 0 Å². The van der Waals surface area contributed by atoms with Crippen LogP contribution in [-0.4, -0.2) is 36.5 Å². The highest BCUT2D eigenvalue weighted by Crippen LogP contribution is 2.16. The van der Waals surface area contributed by atoms with Crippen LogP contribution in [0.2, 0.25) is 0 Å². The van der Waals surface area contributed by atoms with Crippen LogP contribution in [0.25, 0.3) is 0 Å². The largest absolute Gasteiger partial charge is 0.381 e. The number of nitrogens with one attached hydrogen (secondary N) is 1. The van der Waals surface area contributed by atoms with Crippen LogP contribution in [0.1, 0.15) is 19.3 Å². The summed E-state index contributed by atoms with van der Waals surface area (Å²) in [5.41, 5.74) is 6.10. The average molecular weight is 265 g/mol. The van der Waals surface area contributed by atoms with E-state index in [1.807, 2.05) is 0 Å². The van der Waals surface area contributed by atoms with Crippen LogP contribution < -0.4 is 11.1 Å². The van der Waals surface area contributed by atoms with Gasteiger partial charge in [0.2, 0.25) is 5.91 Å². The van der Waals surface area contributed by atoms with Crippen molar-refractivity contribution in [1.82, 2.24) is 4.90 Å². The van der Waals surface area contributed by atoms with Crippen LogP contribution in [0, 0.1) is 5.82 Å². The number of hydrogen-bond acceptors (Lipinski definition) is 3. The molecule has 1 heterocycles. The van der Waals surface area contributed by atoms with E-state index in [-0.39, 0.29) is 11.7 Å². The van der Waals surface area contributed by atoms with E-state index in [1.165, 1.54) is 12.1 Å². The van der Waals surface area contributed by atoms with Crippen molar-refractivity contribution < 1.29 is 9.18 Å². The molecule has 0 spiro atoms. The summed E-state index contributed by atoms with van der Waals surface area (Å²) in [5.74, 6) is -0.481. The molecule has 1 saturated heterocycles. The number of likely N-dealkylation sites (tertiary alicyclic amines) is 1. The molecule has 1 fully saturated rings. The minimum absolute atomic E-state index is 0.225. The van der Waals surface area contributed by atoms with Crippen molar-refractivity contribution in [3.8, 4) is 0 Å². The van der Waals surface area contributed by atoms with Gasteiger partial charge in [-0.05, 0) is 43.7 Å². The lowest BCUT2D eigenvalue weighted by Gasteiger charge is -2.33. The first-order valence-corrected chi connectivity index (χ1v) is 6.66. The lowest BCUT2D eigenvalue weighted by molar-refractivity contribution is -0.118. The van der Waals surface area contributed by atoms with E-state index in [9.17, 15) is 9.18 Å². The van der Waals surface area contributed by atoms with Crippen LogP contribution in [0.15, 0.2) is 24.3 Å².